The Morgan fingerprint density at radius 3 is 1.27 bits per heavy atom. The molecule has 0 aliphatic carbocycles. The van der Waals surface area contributed by atoms with Crippen molar-refractivity contribution in [3.63, 3.8) is 0 Å². The number of nitrogens with zero attached hydrogens (tertiary/aromatic N) is 1. The summed E-state index contributed by atoms with van der Waals surface area (Å²) in [4.78, 5) is 0. The molecule has 0 bridgehead atoms. The van der Waals surface area contributed by atoms with Gasteiger partial charge in [-0.2, -0.15) is 0 Å². The number of allylic oxidation sites excluding steroid dienone is 2. The van der Waals surface area contributed by atoms with Crippen molar-refractivity contribution in [2.24, 2.45) is 0 Å². The van der Waals surface area contributed by atoms with Crippen LogP contribution in [0.1, 0.15) is 149 Å². The number of quaternary nitrogens is 1. The maximum absolute atomic E-state index is 11.9. The van der Waals surface area contributed by atoms with Gasteiger partial charge in [0.1, 0.15) is 0 Å². The van der Waals surface area contributed by atoms with Gasteiger partial charge in [0.15, 0.2) is 0 Å². The Kier molecular flexibility index (Phi) is 20.7. The summed E-state index contributed by atoms with van der Waals surface area (Å²) in [5, 5.41) is -0.612. The topological polar surface area (TPSA) is 34.1 Å². The van der Waals surface area contributed by atoms with Crippen molar-refractivity contribution >= 4 is 7.68 Å². The monoisotopic (exact) mass is 484 g/mol. The Hall–Kier alpha value is -0.400. The lowest BCUT2D eigenvalue weighted by molar-refractivity contribution is -0.908. The molecule has 0 aliphatic rings. The zero-order valence-corrected chi connectivity index (χ0v) is 24.1. The van der Waals surface area contributed by atoms with Crippen molar-refractivity contribution in [3.05, 3.63) is 12.2 Å². The standard InChI is InChI=1S/C29H59NO2P/c1-6-8-9-10-11-12-13-14-15-16-17-18-19-20-21-22-23-24-25-26-27-28-29(7-2,33(31)32)30(3,4)5/h22-23H,6-21,24-28H2,1-5H3/q+1. The molecule has 0 saturated carbocycles. The molecule has 0 rings (SSSR count). The van der Waals surface area contributed by atoms with Gasteiger partial charge in [-0.1, -0.05) is 116 Å². The molecular formula is C29H59NO2P+. The van der Waals surface area contributed by atoms with Crippen LogP contribution in [0.25, 0.3) is 0 Å². The van der Waals surface area contributed by atoms with Crippen LogP contribution >= 0.6 is 7.68 Å². The average molecular weight is 485 g/mol. The molecule has 0 aromatic carbocycles. The van der Waals surface area contributed by atoms with E-state index in [9.17, 15) is 9.13 Å². The van der Waals surface area contributed by atoms with E-state index < -0.39 is 13.0 Å². The van der Waals surface area contributed by atoms with E-state index in [1.54, 1.807) is 0 Å². The first-order valence-electron chi connectivity index (χ1n) is 14.4. The smallest absolute Gasteiger partial charge is 0.314 e. The van der Waals surface area contributed by atoms with Crippen molar-refractivity contribution in [1.82, 2.24) is 0 Å². The zero-order chi connectivity index (χ0) is 24.8. The molecule has 33 heavy (non-hydrogen) atoms. The molecule has 0 aromatic heterocycles. The van der Waals surface area contributed by atoms with Crippen LogP contribution in [0.2, 0.25) is 0 Å². The van der Waals surface area contributed by atoms with Gasteiger partial charge in [-0.3, -0.25) is 0 Å². The Labute approximate surface area is 208 Å². The van der Waals surface area contributed by atoms with Crippen LogP contribution in [-0.4, -0.2) is 30.9 Å². The molecule has 0 fully saturated rings. The molecule has 1 unspecified atom stereocenters. The maximum atomic E-state index is 11.9. The molecule has 0 aromatic rings. The SMILES string of the molecule is CCCCCCCCCCCCCCCCC=CCCCCCC(CC)(P(=O)=O)[N+](C)(C)C. The summed E-state index contributed by atoms with van der Waals surface area (Å²) in [6.45, 7) is 4.30. The van der Waals surface area contributed by atoms with Crippen LogP contribution in [0, 0.1) is 0 Å². The van der Waals surface area contributed by atoms with Crippen molar-refractivity contribution in [3.8, 4) is 0 Å². The Balaban J connectivity index is 3.52. The van der Waals surface area contributed by atoms with E-state index in [1.165, 1.54) is 103 Å². The molecule has 0 saturated heterocycles. The van der Waals surface area contributed by atoms with Crippen molar-refractivity contribution in [2.45, 2.75) is 154 Å². The Morgan fingerprint density at radius 1 is 0.576 bits per heavy atom. The van der Waals surface area contributed by atoms with E-state index >= 15 is 0 Å². The first-order chi connectivity index (χ1) is 15.8. The molecule has 4 heteroatoms. The fourth-order valence-electron chi connectivity index (χ4n) is 4.99. The second-order valence-electron chi connectivity index (χ2n) is 11.1. The normalized spacial score (nSPS) is 14.1. The fraction of sp³-hybridized carbons (Fsp3) is 0.931. The third kappa shape index (κ3) is 16.0. The summed E-state index contributed by atoms with van der Waals surface area (Å²) < 4.78 is 24.4. The average Bonchev–Trinajstić information content (AvgIpc) is 2.76. The molecule has 0 radical (unpaired) electrons. The van der Waals surface area contributed by atoms with Gasteiger partial charge >= 0.3 is 7.68 Å². The largest absolute Gasteiger partial charge is 0.378 e. The minimum absolute atomic E-state index is 0.501. The van der Waals surface area contributed by atoms with Crippen molar-refractivity contribution in [1.29, 1.82) is 0 Å². The van der Waals surface area contributed by atoms with Gasteiger partial charge in [-0.15, -0.1) is 0 Å². The Bertz CT molecular complexity index is 528. The molecule has 0 spiro atoms. The minimum Gasteiger partial charge on any atom is -0.314 e. The molecule has 0 amide bonds. The van der Waals surface area contributed by atoms with Gasteiger partial charge in [0.05, 0.1) is 21.1 Å². The van der Waals surface area contributed by atoms with Crippen LogP contribution in [0.3, 0.4) is 0 Å². The maximum Gasteiger partial charge on any atom is 0.378 e. The van der Waals surface area contributed by atoms with Crippen LogP contribution < -0.4 is 0 Å². The highest BCUT2D eigenvalue weighted by Crippen LogP contribution is 2.43. The quantitative estimate of drug-likeness (QED) is 0.0591. The predicted octanol–water partition coefficient (Wildman–Crippen LogP) is 10.3. The number of unbranched alkanes of at least 4 members (excludes halogenated alkanes) is 17. The Morgan fingerprint density at radius 2 is 0.939 bits per heavy atom. The molecule has 0 N–H and O–H groups in total. The van der Waals surface area contributed by atoms with Crippen molar-refractivity contribution in [2.75, 3.05) is 21.1 Å². The lowest BCUT2D eigenvalue weighted by Crippen LogP contribution is -2.53. The van der Waals surface area contributed by atoms with Crippen LogP contribution in [0.5, 0.6) is 0 Å². The van der Waals surface area contributed by atoms with E-state index in [0.29, 0.717) is 10.9 Å². The van der Waals surface area contributed by atoms with Crippen LogP contribution in [-0.2, 0) is 9.13 Å². The molecule has 3 nitrogen and oxygen atoms in total. The van der Waals surface area contributed by atoms with Crippen LogP contribution in [0.15, 0.2) is 12.2 Å². The first kappa shape index (κ1) is 32.6. The van der Waals surface area contributed by atoms with Crippen LogP contribution in [0.4, 0.5) is 0 Å². The minimum atomic E-state index is -2.43. The summed E-state index contributed by atoms with van der Waals surface area (Å²) in [6, 6.07) is 0. The van der Waals surface area contributed by atoms with E-state index in [0.717, 1.165) is 25.7 Å². The summed E-state index contributed by atoms with van der Waals surface area (Å²) in [5.41, 5.74) is 0. The first-order valence-corrected chi connectivity index (χ1v) is 15.6. The fourth-order valence-corrected chi connectivity index (χ4v) is 6.08. The van der Waals surface area contributed by atoms with Crippen molar-refractivity contribution < 1.29 is 13.6 Å². The second-order valence-corrected chi connectivity index (χ2v) is 12.4. The lowest BCUT2D eigenvalue weighted by atomic mass is 10.0. The van der Waals surface area contributed by atoms with Gasteiger partial charge in [0.25, 0.3) is 0 Å². The van der Waals surface area contributed by atoms with E-state index in [2.05, 4.69) is 19.1 Å². The van der Waals surface area contributed by atoms with Gasteiger partial charge in [-0.05, 0) is 32.1 Å². The van der Waals surface area contributed by atoms with E-state index in [-0.39, 0.29) is 0 Å². The van der Waals surface area contributed by atoms with E-state index in [1.807, 2.05) is 28.1 Å². The highest BCUT2D eigenvalue weighted by atomic mass is 31.1. The van der Waals surface area contributed by atoms with Gasteiger partial charge in [0.2, 0.25) is 5.28 Å². The van der Waals surface area contributed by atoms with Gasteiger partial charge in [0, 0.05) is 12.8 Å². The highest BCUT2D eigenvalue weighted by molar-refractivity contribution is 7.32. The molecular weight excluding hydrogens is 425 g/mol. The summed E-state index contributed by atoms with van der Waals surface area (Å²) in [7, 11) is 3.60. The highest BCUT2D eigenvalue weighted by Gasteiger charge is 2.46. The number of hydrogen-bond donors (Lipinski definition) is 0. The molecule has 196 valence electrons. The molecule has 0 heterocycles. The van der Waals surface area contributed by atoms with Gasteiger partial charge in [-0.25, -0.2) is 9.13 Å². The molecule has 0 aliphatic heterocycles. The van der Waals surface area contributed by atoms with Gasteiger partial charge < -0.3 is 4.48 Å². The summed E-state index contributed by atoms with van der Waals surface area (Å²) in [5.74, 6) is 0. The second kappa shape index (κ2) is 20.9. The number of hydrogen-bond acceptors (Lipinski definition) is 2. The third-order valence-corrected chi connectivity index (χ3v) is 9.31. The van der Waals surface area contributed by atoms with E-state index in [4.69, 9.17) is 0 Å². The number of rotatable bonds is 24. The zero-order valence-electron chi connectivity index (χ0n) is 23.2. The summed E-state index contributed by atoms with van der Waals surface area (Å²) >= 11 is 0. The third-order valence-electron chi connectivity index (χ3n) is 7.49. The molecule has 1 atom stereocenters. The lowest BCUT2D eigenvalue weighted by Gasteiger charge is -2.40. The summed E-state index contributed by atoms with van der Waals surface area (Å²) in [6.07, 6.45) is 31.6. The predicted molar refractivity (Wildman–Crippen MR) is 147 cm³/mol.